The van der Waals surface area contributed by atoms with E-state index in [4.69, 9.17) is 9.47 Å². The molecule has 0 spiro atoms. The number of methoxy groups -OCH3 is 2. The summed E-state index contributed by atoms with van der Waals surface area (Å²) in [6.07, 6.45) is 3.37. The minimum atomic E-state index is 0.532. The van der Waals surface area contributed by atoms with Crippen LogP contribution in [0.3, 0.4) is 0 Å². The van der Waals surface area contributed by atoms with Gasteiger partial charge in [-0.2, -0.15) is 0 Å². The Bertz CT molecular complexity index is 482. The van der Waals surface area contributed by atoms with Crippen molar-refractivity contribution in [1.82, 2.24) is 4.90 Å². The topological polar surface area (TPSA) is 21.7 Å². The van der Waals surface area contributed by atoms with Crippen LogP contribution in [0.25, 0.3) is 0 Å². The van der Waals surface area contributed by atoms with Crippen molar-refractivity contribution in [2.75, 3.05) is 33.9 Å². The SMILES string of the molecule is C/C=C(\C)CN1CC[C@H](c2cc(OC)ccc2OC)C1. The first-order chi connectivity index (χ1) is 9.67. The maximum absolute atomic E-state index is 5.51. The van der Waals surface area contributed by atoms with Gasteiger partial charge in [0.05, 0.1) is 14.2 Å². The fraction of sp³-hybridized carbons (Fsp3) is 0.529. The second-order valence-electron chi connectivity index (χ2n) is 5.46. The van der Waals surface area contributed by atoms with Crippen LogP contribution in [0.4, 0.5) is 0 Å². The zero-order valence-corrected chi connectivity index (χ0v) is 13.0. The Morgan fingerprint density at radius 2 is 2.15 bits per heavy atom. The smallest absolute Gasteiger partial charge is 0.122 e. The monoisotopic (exact) mass is 275 g/mol. The first kappa shape index (κ1) is 14.9. The Balaban J connectivity index is 2.12. The molecule has 1 heterocycles. The van der Waals surface area contributed by atoms with Gasteiger partial charge in [0.1, 0.15) is 11.5 Å². The van der Waals surface area contributed by atoms with Crippen molar-refractivity contribution in [2.24, 2.45) is 0 Å². The van der Waals surface area contributed by atoms with Crippen molar-refractivity contribution in [2.45, 2.75) is 26.2 Å². The Labute approximate surface area is 122 Å². The highest BCUT2D eigenvalue weighted by Gasteiger charge is 2.26. The third kappa shape index (κ3) is 3.34. The van der Waals surface area contributed by atoms with Gasteiger partial charge in [-0.3, -0.25) is 4.90 Å². The molecule has 3 nitrogen and oxygen atoms in total. The molecule has 3 heteroatoms. The molecule has 0 bridgehead atoms. The van der Waals surface area contributed by atoms with Crippen molar-refractivity contribution in [1.29, 1.82) is 0 Å². The van der Waals surface area contributed by atoms with Gasteiger partial charge < -0.3 is 9.47 Å². The van der Waals surface area contributed by atoms with Gasteiger partial charge >= 0.3 is 0 Å². The number of nitrogens with zero attached hydrogens (tertiary/aromatic N) is 1. The molecule has 0 unspecified atom stereocenters. The van der Waals surface area contributed by atoms with Crippen LogP contribution in [-0.4, -0.2) is 38.8 Å². The lowest BCUT2D eigenvalue weighted by Crippen LogP contribution is -2.22. The maximum atomic E-state index is 5.51. The van der Waals surface area contributed by atoms with Gasteiger partial charge in [-0.25, -0.2) is 0 Å². The lowest BCUT2D eigenvalue weighted by atomic mass is 9.97. The molecule has 0 saturated carbocycles. The Morgan fingerprint density at radius 1 is 1.35 bits per heavy atom. The number of hydrogen-bond acceptors (Lipinski definition) is 3. The Kier molecular flexibility index (Phi) is 5.07. The number of allylic oxidation sites excluding steroid dienone is 1. The first-order valence-electron chi connectivity index (χ1n) is 7.24. The fourth-order valence-electron chi connectivity index (χ4n) is 2.83. The lowest BCUT2D eigenvalue weighted by molar-refractivity contribution is 0.359. The average molecular weight is 275 g/mol. The molecule has 0 N–H and O–H groups in total. The van der Waals surface area contributed by atoms with Crippen molar-refractivity contribution in [3.63, 3.8) is 0 Å². The van der Waals surface area contributed by atoms with E-state index in [1.54, 1.807) is 14.2 Å². The number of ether oxygens (including phenoxy) is 2. The summed E-state index contributed by atoms with van der Waals surface area (Å²) in [5.41, 5.74) is 2.70. The van der Waals surface area contributed by atoms with Gasteiger partial charge in [0.2, 0.25) is 0 Å². The molecule has 0 radical (unpaired) electrons. The molecule has 110 valence electrons. The highest BCUT2D eigenvalue weighted by atomic mass is 16.5. The van der Waals surface area contributed by atoms with Crippen molar-refractivity contribution >= 4 is 0 Å². The Morgan fingerprint density at radius 3 is 2.80 bits per heavy atom. The number of benzene rings is 1. The zero-order chi connectivity index (χ0) is 14.5. The Hall–Kier alpha value is -1.48. The second-order valence-corrected chi connectivity index (χ2v) is 5.46. The standard InChI is InChI=1S/C17H25NO2/c1-5-13(2)11-18-9-8-14(12-18)16-10-15(19-3)6-7-17(16)20-4/h5-7,10,14H,8-9,11-12H2,1-4H3/b13-5+/t14-/m0/s1. The summed E-state index contributed by atoms with van der Waals surface area (Å²) in [5, 5.41) is 0. The highest BCUT2D eigenvalue weighted by Crippen LogP contribution is 2.36. The summed E-state index contributed by atoms with van der Waals surface area (Å²) in [5.74, 6) is 2.41. The van der Waals surface area contributed by atoms with E-state index in [9.17, 15) is 0 Å². The van der Waals surface area contributed by atoms with E-state index in [0.717, 1.165) is 31.1 Å². The van der Waals surface area contributed by atoms with Crippen LogP contribution in [-0.2, 0) is 0 Å². The zero-order valence-electron chi connectivity index (χ0n) is 13.0. The fourth-order valence-corrected chi connectivity index (χ4v) is 2.83. The van der Waals surface area contributed by atoms with Gasteiger partial charge in [-0.05, 0) is 45.0 Å². The molecular formula is C17H25NO2. The van der Waals surface area contributed by atoms with Crippen LogP contribution in [0.5, 0.6) is 11.5 Å². The van der Waals surface area contributed by atoms with Crippen LogP contribution >= 0.6 is 0 Å². The van der Waals surface area contributed by atoms with E-state index in [1.165, 1.54) is 17.6 Å². The minimum Gasteiger partial charge on any atom is -0.497 e. The summed E-state index contributed by atoms with van der Waals surface area (Å²) in [6.45, 7) is 7.61. The molecule has 20 heavy (non-hydrogen) atoms. The van der Waals surface area contributed by atoms with Crippen molar-refractivity contribution < 1.29 is 9.47 Å². The normalized spacial score (nSPS) is 20.2. The van der Waals surface area contributed by atoms with E-state index in [0.29, 0.717) is 5.92 Å². The quantitative estimate of drug-likeness (QED) is 0.768. The summed E-state index contributed by atoms with van der Waals surface area (Å²) >= 11 is 0. The number of hydrogen-bond donors (Lipinski definition) is 0. The third-order valence-corrected chi connectivity index (χ3v) is 4.11. The summed E-state index contributed by atoms with van der Waals surface area (Å²) < 4.78 is 10.9. The van der Waals surface area contributed by atoms with Crippen LogP contribution in [0.1, 0.15) is 31.7 Å². The molecular weight excluding hydrogens is 250 g/mol. The maximum Gasteiger partial charge on any atom is 0.122 e. The first-order valence-corrected chi connectivity index (χ1v) is 7.24. The van der Waals surface area contributed by atoms with E-state index in [1.807, 2.05) is 12.1 Å². The molecule has 1 aliphatic heterocycles. The second kappa shape index (κ2) is 6.80. The minimum absolute atomic E-state index is 0.532. The predicted molar refractivity (Wildman–Crippen MR) is 82.8 cm³/mol. The van der Waals surface area contributed by atoms with Crippen molar-refractivity contribution in [3.05, 3.63) is 35.4 Å². The molecule has 1 aromatic rings. The van der Waals surface area contributed by atoms with Gasteiger partial charge in [-0.15, -0.1) is 0 Å². The van der Waals surface area contributed by atoms with Gasteiger partial charge in [-0.1, -0.05) is 11.6 Å². The molecule has 0 aromatic heterocycles. The van der Waals surface area contributed by atoms with E-state index in [-0.39, 0.29) is 0 Å². The molecule has 1 saturated heterocycles. The van der Waals surface area contributed by atoms with Crippen LogP contribution in [0, 0.1) is 0 Å². The van der Waals surface area contributed by atoms with Crippen LogP contribution in [0.2, 0.25) is 0 Å². The number of rotatable bonds is 5. The molecule has 0 amide bonds. The van der Waals surface area contributed by atoms with Crippen molar-refractivity contribution in [3.8, 4) is 11.5 Å². The predicted octanol–water partition coefficient (Wildman–Crippen LogP) is 3.46. The molecule has 1 aromatic carbocycles. The van der Waals surface area contributed by atoms with E-state index in [2.05, 4.69) is 30.9 Å². The average Bonchev–Trinajstić information content (AvgIpc) is 2.94. The third-order valence-electron chi connectivity index (χ3n) is 4.11. The molecule has 1 fully saturated rings. The number of likely N-dealkylation sites (tertiary alicyclic amines) is 1. The van der Waals surface area contributed by atoms with Crippen LogP contribution in [0.15, 0.2) is 29.8 Å². The van der Waals surface area contributed by atoms with E-state index < -0.39 is 0 Å². The molecule has 1 atom stereocenters. The van der Waals surface area contributed by atoms with Gasteiger partial charge in [0.15, 0.2) is 0 Å². The summed E-state index contributed by atoms with van der Waals surface area (Å²) in [4.78, 5) is 2.51. The van der Waals surface area contributed by atoms with Gasteiger partial charge in [0.25, 0.3) is 0 Å². The van der Waals surface area contributed by atoms with E-state index >= 15 is 0 Å². The van der Waals surface area contributed by atoms with Crippen LogP contribution < -0.4 is 9.47 Å². The molecule has 0 aliphatic carbocycles. The molecule has 1 aliphatic rings. The largest absolute Gasteiger partial charge is 0.497 e. The highest BCUT2D eigenvalue weighted by molar-refractivity contribution is 5.43. The van der Waals surface area contributed by atoms with Gasteiger partial charge in [0, 0.05) is 24.6 Å². The summed E-state index contributed by atoms with van der Waals surface area (Å²) in [7, 11) is 3.45. The molecule has 2 rings (SSSR count). The summed E-state index contributed by atoms with van der Waals surface area (Å²) in [6, 6.07) is 6.09. The lowest BCUT2D eigenvalue weighted by Gasteiger charge is -2.18.